The number of hydrogen-bond donors (Lipinski definition) is 2. The summed E-state index contributed by atoms with van der Waals surface area (Å²) in [4.78, 5) is 2.38. The highest BCUT2D eigenvalue weighted by Gasteiger charge is 2.32. The molecule has 1 unspecified atom stereocenters. The lowest BCUT2D eigenvalue weighted by Crippen LogP contribution is -2.47. The van der Waals surface area contributed by atoms with Gasteiger partial charge in [-0.1, -0.05) is 32.3 Å². The predicted octanol–water partition coefficient (Wildman–Crippen LogP) is 2.83. The molecule has 29 heavy (non-hydrogen) atoms. The van der Waals surface area contributed by atoms with Crippen LogP contribution in [-0.4, -0.2) is 69.2 Å². The van der Waals surface area contributed by atoms with Gasteiger partial charge >= 0.3 is 0 Å². The molecule has 2 heterocycles. The largest absolute Gasteiger partial charge is 0.497 e. The van der Waals surface area contributed by atoms with Crippen molar-refractivity contribution in [2.45, 2.75) is 51.7 Å². The first kappa shape index (κ1) is 22.3. The normalized spacial score (nSPS) is 20.9. The molecular weight excluding hydrogens is 368 g/mol. The first-order chi connectivity index (χ1) is 14.1. The molecule has 1 aromatic carbocycles. The topological polar surface area (TPSA) is 63.2 Å². The molecule has 2 saturated heterocycles. The Labute approximate surface area is 175 Å². The van der Waals surface area contributed by atoms with Crippen LogP contribution in [0.15, 0.2) is 18.2 Å². The Morgan fingerprint density at radius 2 is 1.90 bits per heavy atom. The predicted molar refractivity (Wildman–Crippen MR) is 115 cm³/mol. The van der Waals surface area contributed by atoms with Gasteiger partial charge in [-0.2, -0.15) is 0 Å². The van der Waals surface area contributed by atoms with Gasteiger partial charge in [0.2, 0.25) is 0 Å². The number of likely N-dealkylation sites (tertiary alicyclic amines) is 1. The second-order valence-electron chi connectivity index (χ2n) is 8.91. The highest BCUT2D eigenvalue weighted by molar-refractivity contribution is 5.40. The minimum Gasteiger partial charge on any atom is -0.497 e. The molecule has 3 rings (SSSR count). The molecule has 2 aliphatic heterocycles. The lowest BCUT2D eigenvalue weighted by Gasteiger charge is -2.38. The van der Waals surface area contributed by atoms with E-state index >= 15 is 0 Å². The number of methoxy groups -OCH3 is 1. The Morgan fingerprint density at radius 3 is 2.55 bits per heavy atom. The van der Waals surface area contributed by atoms with E-state index in [1.165, 1.54) is 32.1 Å². The Balaban J connectivity index is 1.50. The average molecular weight is 407 g/mol. The van der Waals surface area contributed by atoms with Crippen molar-refractivity contribution in [1.82, 2.24) is 10.2 Å². The van der Waals surface area contributed by atoms with Gasteiger partial charge in [-0.05, 0) is 32.0 Å². The third kappa shape index (κ3) is 7.14. The van der Waals surface area contributed by atoms with Crippen LogP contribution in [-0.2, 0) is 11.3 Å². The van der Waals surface area contributed by atoms with Crippen LogP contribution < -0.4 is 14.8 Å². The molecular formula is C23H38N2O4. The molecule has 2 N–H and O–H groups in total. The molecule has 0 spiro atoms. The van der Waals surface area contributed by atoms with E-state index < -0.39 is 6.10 Å². The highest BCUT2D eigenvalue weighted by atomic mass is 16.5. The first-order valence-electron chi connectivity index (χ1n) is 11.1. The van der Waals surface area contributed by atoms with Gasteiger partial charge in [-0.25, -0.2) is 0 Å². The molecule has 0 saturated carbocycles. The van der Waals surface area contributed by atoms with Crippen LogP contribution in [0.1, 0.15) is 44.6 Å². The smallest absolute Gasteiger partial charge is 0.127 e. The molecule has 6 nitrogen and oxygen atoms in total. The fraction of sp³-hybridized carbons (Fsp3) is 0.739. The van der Waals surface area contributed by atoms with Gasteiger partial charge in [-0.3, -0.25) is 0 Å². The highest BCUT2D eigenvalue weighted by Crippen LogP contribution is 2.27. The summed E-state index contributed by atoms with van der Waals surface area (Å²) < 4.78 is 16.7. The van der Waals surface area contributed by atoms with E-state index in [2.05, 4.69) is 17.1 Å². The zero-order chi connectivity index (χ0) is 20.5. The van der Waals surface area contributed by atoms with Gasteiger partial charge in [0.25, 0.3) is 0 Å². The van der Waals surface area contributed by atoms with Crippen LogP contribution in [0.2, 0.25) is 0 Å². The Kier molecular flexibility index (Phi) is 8.60. The van der Waals surface area contributed by atoms with E-state index in [4.69, 9.17) is 14.2 Å². The van der Waals surface area contributed by atoms with Crippen molar-refractivity contribution in [1.29, 1.82) is 0 Å². The van der Waals surface area contributed by atoms with Crippen LogP contribution in [0.3, 0.4) is 0 Å². The Bertz CT molecular complexity index is 613. The summed E-state index contributed by atoms with van der Waals surface area (Å²) in [6.45, 7) is 8.62. The average Bonchev–Trinajstić information content (AvgIpc) is 2.67. The summed E-state index contributed by atoms with van der Waals surface area (Å²) in [7, 11) is 1.66. The monoisotopic (exact) mass is 406 g/mol. The van der Waals surface area contributed by atoms with Crippen LogP contribution in [0.25, 0.3) is 0 Å². The summed E-state index contributed by atoms with van der Waals surface area (Å²) >= 11 is 0. The van der Waals surface area contributed by atoms with Gasteiger partial charge in [0, 0.05) is 36.7 Å². The fourth-order valence-corrected chi connectivity index (χ4v) is 4.03. The maximum atomic E-state index is 10.5. The zero-order valence-corrected chi connectivity index (χ0v) is 18.1. The second-order valence-corrected chi connectivity index (χ2v) is 8.91. The van der Waals surface area contributed by atoms with Crippen molar-refractivity contribution in [3.05, 3.63) is 23.8 Å². The molecule has 0 aromatic heterocycles. The maximum absolute atomic E-state index is 10.5. The molecule has 0 aliphatic carbocycles. The lowest BCUT2D eigenvalue weighted by molar-refractivity contribution is -0.0991. The molecule has 0 bridgehead atoms. The van der Waals surface area contributed by atoms with Gasteiger partial charge < -0.3 is 29.5 Å². The zero-order valence-electron chi connectivity index (χ0n) is 18.1. The number of aliphatic hydroxyl groups excluding tert-OH is 1. The maximum Gasteiger partial charge on any atom is 0.127 e. The second kappa shape index (κ2) is 11.2. The molecule has 164 valence electrons. The lowest BCUT2D eigenvalue weighted by atomic mass is 9.89. The van der Waals surface area contributed by atoms with Crippen molar-refractivity contribution >= 4 is 0 Å². The van der Waals surface area contributed by atoms with Gasteiger partial charge in [0.05, 0.1) is 20.3 Å². The molecule has 1 atom stereocenters. The Morgan fingerprint density at radius 1 is 1.17 bits per heavy atom. The van der Waals surface area contributed by atoms with E-state index in [9.17, 15) is 5.11 Å². The van der Waals surface area contributed by atoms with Crippen molar-refractivity contribution in [2.75, 3.05) is 53.1 Å². The number of β-amino-alcohol motifs (C(OH)–C–C–N with tert-alkyl or cyclic N) is 1. The van der Waals surface area contributed by atoms with Crippen LogP contribution in [0.4, 0.5) is 0 Å². The van der Waals surface area contributed by atoms with Crippen molar-refractivity contribution in [3.63, 3.8) is 0 Å². The van der Waals surface area contributed by atoms with E-state index in [1.54, 1.807) is 7.11 Å². The summed E-state index contributed by atoms with van der Waals surface area (Å²) in [5.41, 5.74) is 1.31. The van der Waals surface area contributed by atoms with E-state index in [0.717, 1.165) is 56.5 Å². The molecule has 0 amide bonds. The summed E-state index contributed by atoms with van der Waals surface area (Å²) in [6, 6.07) is 5.90. The standard InChI is InChI=1S/C23H38N2O4/c1-23(17-28-18-23)16-24-13-19-8-9-21(27-2)12-22(19)29-15-20(26)14-25-10-6-4-3-5-7-11-25/h8-9,12,20,24,26H,3-7,10-11,13-18H2,1-2H3. The van der Waals surface area contributed by atoms with E-state index in [-0.39, 0.29) is 5.41 Å². The van der Waals surface area contributed by atoms with Crippen molar-refractivity contribution in [3.8, 4) is 11.5 Å². The molecule has 2 aliphatic rings. The first-order valence-corrected chi connectivity index (χ1v) is 11.1. The SMILES string of the molecule is COc1ccc(CNCC2(C)COC2)c(OCC(O)CN2CCCCCCC2)c1. The number of ether oxygens (including phenoxy) is 3. The number of nitrogens with one attached hydrogen (secondary N) is 1. The van der Waals surface area contributed by atoms with Crippen molar-refractivity contribution in [2.24, 2.45) is 5.41 Å². The van der Waals surface area contributed by atoms with Gasteiger partial charge in [0.1, 0.15) is 24.2 Å². The number of aliphatic hydroxyl groups is 1. The molecule has 0 radical (unpaired) electrons. The summed E-state index contributed by atoms with van der Waals surface area (Å²) in [5.74, 6) is 1.54. The van der Waals surface area contributed by atoms with Gasteiger partial charge in [0.15, 0.2) is 0 Å². The van der Waals surface area contributed by atoms with Crippen LogP contribution in [0, 0.1) is 5.41 Å². The number of benzene rings is 1. The third-order valence-corrected chi connectivity index (χ3v) is 5.89. The molecule has 1 aromatic rings. The number of nitrogens with zero attached hydrogens (tertiary/aromatic N) is 1. The van der Waals surface area contributed by atoms with Crippen LogP contribution >= 0.6 is 0 Å². The van der Waals surface area contributed by atoms with Crippen LogP contribution in [0.5, 0.6) is 11.5 Å². The quantitative estimate of drug-likeness (QED) is 0.623. The Hall–Kier alpha value is -1.34. The van der Waals surface area contributed by atoms with Gasteiger partial charge in [-0.15, -0.1) is 0 Å². The van der Waals surface area contributed by atoms with E-state index in [1.807, 2.05) is 18.2 Å². The number of hydrogen-bond acceptors (Lipinski definition) is 6. The number of rotatable bonds is 10. The van der Waals surface area contributed by atoms with E-state index in [0.29, 0.717) is 13.2 Å². The summed E-state index contributed by atoms with van der Waals surface area (Å²) in [6.07, 6.45) is 5.90. The minimum absolute atomic E-state index is 0.232. The minimum atomic E-state index is -0.493. The molecule has 2 fully saturated rings. The van der Waals surface area contributed by atoms with Crippen molar-refractivity contribution < 1.29 is 19.3 Å². The summed E-state index contributed by atoms with van der Waals surface area (Å²) in [5, 5.41) is 14.1. The molecule has 6 heteroatoms. The fourth-order valence-electron chi connectivity index (χ4n) is 4.03. The third-order valence-electron chi connectivity index (χ3n) is 5.89.